The molecule has 1 atom stereocenters. The highest BCUT2D eigenvalue weighted by Gasteiger charge is 2.32. The minimum atomic E-state index is -4.60. The van der Waals surface area contributed by atoms with Crippen LogP contribution in [0, 0.1) is 5.82 Å². The molecule has 20 heavy (non-hydrogen) atoms. The van der Waals surface area contributed by atoms with Gasteiger partial charge in [-0.05, 0) is 31.0 Å². The van der Waals surface area contributed by atoms with Gasteiger partial charge < -0.3 is 5.32 Å². The third-order valence-corrected chi connectivity index (χ3v) is 3.00. The second-order valence-corrected chi connectivity index (χ2v) is 4.56. The number of carbonyl (C=O) groups excluding carboxylic acids is 1. The van der Waals surface area contributed by atoms with Crippen molar-refractivity contribution in [1.29, 1.82) is 0 Å². The normalized spacial score (nSPS) is 13.1. The number of benzene rings is 1. The van der Waals surface area contributed by atoms with Gasteiger partial charge >= 0.3 is 6.18 Å². The lowest BCUT2D eigenvalue weighted by atomic mass is 10.1. The van der Waals surface area contributed by atoms with Crippen molar-refractivity contribution in [3.8, 4) is 0 Å². The fourth-order valence-corrected chi connectivity index (χ4v) is 1.87. The van der Waals surface area contributed by atoms with Crippen molar-refractivity contribution in [1.82, 2.24) is 5.32 Å². The molecule has 1 aromatic carbocycles. The molecule has 0 heterocycles. The third kappa shape index (κ3) is 4.21. The summed E-state index contributed by atoms with van der Waals surface area (Å²) in [6.45, 7) is 3.78. The number of rotatable bonds is 5. The molecule has 0 aliphatic heterocycles. The zero-order chi connectivity index (χ0) is 15.3. The highest BCUT2D eigenvalue weighted by atomic mass is 19.4. The van der Waals surface area contributed by atoms with E-state index in [-0.39, 0.29) is 6.04 Å². The van der Waals surface area contributed by atoms with Crippen molar-refractivity contribution >= 4 is 5.91 Å². The summed E-state index contributed by atoms with van der Waals surface area (Å²) >= 11 is 0. The number of hydrogen-bond donors (Lipinski definition) is 1. The van der Waals surface area contributed by atoms with Gasteiger partial charge in [-0.25, -0.2) is 4.39 Å². The number of hydrogen-bond acceptors (Lipinski definition) is 1. The van der Waals surface area contributed by atoms with Crippen LogP contribution in [0.5, 0.6) is 0 Å². The zero-order valence-corrected chi connectivity index (χ0v) is 11.4. The van der Waals surface area contributed by atoms with Gasteiger partial charge in [0.15, 0.2) is 0 Å². The SMILES string of the molecule is CCCC(CC)NC(=O)c1cc(C(F)(F)F)ccc1F. The molecule has 2 nitrogen and oxygen atoms in total. The molecule has 1 amide bonds. The van der Waals surface area contributed by atoms with Crippen molar-refractivity contribution in [2.45, 2.75) is 45.3 Å². The molecule has 0 bridgehead atoms. The Kier molecular flexibility index (Phi) is 5.53. The van der Waals surface area contributed by atoms with Crippen LogP contribution in [0.1, 0.15) is 49.0 Å². The largest absolute Gasteiger partial charge is 0.416 e. The van der Waals surface area contributed by atoms with Gasteiger partial charge in [0, 0.05) is 6.04 Å². The van der Waals surface area contributed by atoms with Gasteiger partial charge in [-0.15, -0.1) is 0 Å². The molecule has 6 heteroatoms. The molecule has 0 fully saturated rings. The van der Waals surface area contributed by atoms with Gasteiger partial charge in [0.1, 0.15) is 5.82 Å². The van der Waals surface area contributed by atoms with E-state index in [0.717, 1.165) is 6.42 Å². The molecular formula is C14H17F4NO. The summed E-state index contributed by atoms with van der Waals surface area (Å²) < 4.78 is 51.2. The summed E-state index contributed by atoms with van der Waals surface area (Å²) in [5, 5.41) is 2.56. The predicted octanol–water partition coefficient (Wildman–Crippen LogP) is 4.15. The minimum absolute atomic E-state index is 0.165. The summed E-state index contributed by atoms with van der Waals surface area (Å²) in [4.78, 5) is 11.9. The van der Waals surface area contributed by atoms with Crippen LogP contribution in [0.3, 0.4) is 0 Å². The summed E-state index contributed by atoms with van der Waals surface area (Å²) in [7, 11) is 0. The fourth-order valence-electron chi connectivity index (χ4n) is 1.87. The molecular weight excluding hydrogens is 274 g/mol. The quantitative estimate of drug-likeness (QED) is 0.811. The van der Waals surface area contributed by atoms with Crippen molar-refractivity contribution in [3.05, 3.63) is 35.1 Å². The first-order valence-corrected chi connectivity index (χ1v) is 6.47. The van der Waals surface area contributed by atoms with E-state index in [1.807, 2.05) is 13.8 Å². The lowest BCUT2D eigenvalue weighted by Gasteiger charge is -2.17. The molecule has 0 saturated carbocycles. The van der Waals surface area contributed by atoms with Crippen LogP contribution in [0.25, 0.3) is 0 Å². The average molecular weight is 291 g/mol. The maximum Gasteiger partial charge on any atom is 0.416 e. The monoisotopic (exact) mass is 291 g/mol. The standard InChI is InChI=1S/C14H17F4NO/c1-3-5-10(4-2)19-13(20)11-8-9(14(16,17)18)6-7-12(11)15/h6-8,10H,3-5H2,1-2H3,(H,19,20). The highest BCUT2D eigenvalue weighted by Crippen LogP contribution is 2.30. The maximum absolute atomic E-state index is 13.5. The van der Waals surface area contributed by atoms with Crippen LogP contribution < -0.4 is 5.32 Å². The molecule has 0 radical (unpaired) electrons. The summed E-state index contributed by atoms with van der Waals surface area (Å²) in [5.74, 6) is -1.77. The first-order valence-electron chi connectivity index (χ1n) is 6.47. The Balaban J connectivity index is 2.97. The van der Waals surface area contributed by atoms with E-state index in [4.69, 9.17) is 0 Å². The zero-order valence-electron chi connectivity index (χ0n) is 11.4. The third-order valence-electron chi connectivity index (χ3n) is 3.00. The van der Waals surface area contributed by atoms with Gasteiger partial charge in [0.05, 0.1) is 11.1 Å². The Morgan fingerprint density at radius 1 is 1.30 bits per heavy atom. The topological polar surface area (TPSA) is 29.1 Å². The minimum Gasteiger partial charge on any atom is -0.349 e. The first-order chi connectivity index (χ1) is 9.29. The fraction of sp³-hybridized carbons (Fsp3) is 0.500. The lowest BCUT2D eigenvalue weighted by Crippen LogP contribution is -2.34. The Labute approximate surface area is 115 Å². The Morgan fingerprint density at radius 2 is 1.95 bits per heavy atom. The predicted molar refractivity (Wildman–Crippen MR) is 67.9 cm³/mol. The van der Waals surface area contributed by atoms with Crippen molar-refractivity contribution in [3.63, 3.8) is 0 Å². The van der Waals surface area contributed by atoms with Crippen LogP contribution in [-0.4, -0.2) is 11.9 Å². The molecule has 0 aliphatic carbocycles. The van der Waals surface area contributed by atoms with E-state index in [0.29, 0.717) is 31.0 Å². The lowest BCUT2D eigenvalue weighted by molar-refractivity contribution is -0.137. The molecule has 112 valence electrons. The van der Waals surface area contributed by atoms with E-state index in [1.165, 1.54) is 0 Å². The molecule has 1 unspecified atom stereocenters. The molecule has 0 spiro atoms. The van der Waals surface area contributed by atoms with Crippen LogP contribution in [0.2, 0.25) is 0 Å². The number of halogens is 4. The van der Waals surface area contributed by atoms with Crippen LogP contribution in [0.15, 0.2) is 18.2 Å². The number of nitrogens with one attached hydrogen (secondary N) is 1. The van der Waals surface area contributed by atoms with E-state index >= 15 is 0 Å². The molecule has 0 aliphatic rings. The Morgan fingerprint density at radius 3 is 2.45 bits per heavy atom. The number of amides is 1. The Bertz CT molecular complexity index is 471. The number of carbonyl (C=O) groups is 1. The first kappa shape index (κ1) is 16.5. The highest BCUT2D eigenvalue weighted by molar-refractivity contribution is 5.94. The van der Waals surface area contributed by atoms with Gasteiger partial charge in [0.25, 0.3) is 5.91 Å². The maximum atomic E-state index is 13.5. The van der Waals surface area contributed by atoms with E-state index < -0.39 is 29.0 Å². The second kappa shape index (κ2) is 6.72. The molecule has 0 aromatic heterocycles. The molecule has 1 aromatic rings. The smallest absolute Gasteiger partial charge is 0.349 e. The molecule has 1 rings (SSSR count). The van der Waals surface area contributed by atoms with Crippen LogP contribution >= 0.6 is 0 Å². The summed E-state index contributed by atoms with van der Waals surface area (Å²) in [6.07, 6.45) is -2.44. The Hall–Kier alpha value is -1.59. The van der Waals surface area contributed by atoms with Gasteiger partial charge in [-0.1, -0.05) is 20.3 Å². The molecule has 0 saturated heterocycles. The van der Waals surface area contributed by atoms with Crippen molar-refractivity contribution in [2.24, 2.45) is 0 Å². The number of alkyl halides is 3. The van der Waals surface area contributed by atoms with Gasteiger partial charge in [-0.3, -0.25) is 4.79 Å². The summed E-state index contributed by atoms with van der Waals surface area (Å²) in [6, 6.07) is 1.67. The van der Waals surface area contributed by atoms with E-state index in [2.05, 4.69) is 5.32 Å². The van der Waals surface area contributed by atoms with Gasteiger partial charge in [-0.2, -0.15) is 13.2 Å². The van der Waals surface area contributed by atoms with Crippen molar-refractivity contribution in [2.75, 3.05) is 0 Å². The van der Waals surface area contributed by atoms with Crippen LogP contribution in [0.4, 0.5) is 17.6 Å². The summed E-state index contributed by atoms with van der Waals surface area (Å²) in [5.41, 5.74) is -1.61. The van der Waals surface area contributed by atoms with E-state index in [9.17, 15) is 22.4 Å². The average Bonchev–Trinajstić information content (AvgIpc) is 2.37. The van der Waals surface area contributed by atoms with Crippen molar-refractivity contribution < 1.29 is 22.4 Å². The van der Waals surface area contributed by atoms with E-state index in [1.54, 1.807) is 0 Å². The molecule has 1 N–H and O–H groups in total. The van der Waals surface area contributed by atoms with Gasteiger partial charge in [0.2, 0.25) is 0 Å². The van der Waals surface area contributed by atoms with Crippen LogP contribution in [-0.2, 0) is 6.18 Å². The second-order valence-electron chi connectivity index (χ2n) is 4.56.